The summed E-state index contributed by atoms with van der Waals surface area (Å²) in [6.45, 7) is 2.07. The molecule has 16 heavy (non-hydrogen) atoms. The molecule has 0 saturated heterocycles. The molecular formula is C13H15NO2. The molecule has 0 spiro atoms. The quantitative estimate of drug-likeness (QED) is 0.858. The van der Waals surface area contributed by atoms with Crippen LogP contribution in [0.1, 0.15) is 17.5 Å². The molecule has 0 unspecified atom stereocenters. The average molecular weight is 217 g/mol. The highest BCUT2D eigenvalue weighted by Gasteiger charge is 2.09. The number of rotatable bonds is 3. The van der Waals surface area contributed by atoms with Crippen molar-refractivity contribution < 1.29 is 9.90 Å². The van der Waals surface area contributed by atoms with Gasteiger partial charge >= 0.3 is 5.97 Å². The number of hydrogen-bond acceptors (Lipinski definition) is 1. The maximum atomic E-state index is 10.6. The van der Waals surface area contributed by atoms with Crippen LogP contribution in [0, 0.1) is 6.92 Å². The molecule has 0 bridgehead atoms. The van der Waals surface area contributed by atoms with E-state index >= 15 is 0 Å². The molecule has 0 aliphatic heterocycles. The van der Waals surface area contributed by atoms with Crippen LogP contribution in [0.3, 0.4) is 0 Å². The molecule has 1 heterocycles. The second-order valence-electron chi connectivity index (χ2n) is 4.13. The number of hydrogen-bond donors (Lipinski definition) is 1. The summed E-state index contributed by atoms with van der Waals surface area (Å²) < 4.78 is 2.07. The smallest absolute Gasteiger partial charge is 0.303 e. The van der Waals surface area contributed by atoms with Crippen molar-refractivity contribution in [2.24, 2.45) is 7.05 Å². The van der Waals surface area contributed by atoms with E-state index < -0.39 is 5.97 Å². The fourth-order valence-electron chi connectivity index (χ4n) is 2.19. The fraction of sp³-hybridized carbons (Fsp3) is 0.308. The minimum absolute atomic E-state index is 0.188. The number of carboxylic acids is 1. The SMILES string of the molecule is Cc1cccc2c(CCC(=O)O)cn(C)c12. The Balaban J connectivity index is 2.47. The van der Waals surface area contributed by atoms with Gasteiger partial charge in [0.25, 0.3) is 0 Å². The zero-order valence-electron chi connectivity index (χ0n) is 9.53. The first-order valence-corrected chi connectivity index (χ1v) is 5.35. The Morgan fingerprint density at radius 2 is 2.19 bits per heavy atom. The van der Waals surface area contributed by atoms with Gasteiger partial charge in [-0.2, -0.15) is 0 Å². The number of nitrogens with zero attached hydrogens (tertiary/aromatic N) is 1. The number of para-hydroxylation sites is 1. The van der Waals surface area contributed by atoms with Crippen LogP contribution in [0.15, 0.2) is 24.4 Å². The van der Waals surface area contributed by atoms with Crippen LogP contribution in [0.25, 0.3) is 10.9 Å². The summed E-state index contributed by atoms with van der Waals surface area (Å²) in [5.74, 6) is -0.746. The van der Waals surface area contributed by atoms with Crippen molar-refractivity contribution in [2.75, 3.05) is 0 Å². The second-order valence-corrected chi connectivity index (χ2v) is 4.13. The van der Waals surface area contributed by atoms with Gasteiger partial charge in [0.15, 0.2) is 0 Å². The summed E-state index contributed by atoms with van der Waals surface area (Å²) in [6, 6.07) is 6.14. The Morgan fingerprint density at radius 1 is 1.44 bits per heavy atom. The van der Waals surface area contributed by atoms with E-state index in [2.05, 4.69) is 23.6 Å². The van der Waals surface area contributed by atoms with Gasteiger partial charge in [-0.1, -0.05) is 18.2 Å². The first-order valence-electron chi connectivity index (χ1n) is 5.35. The first kappa shape index (κ1) is 10.7. The lowest BCUT2D eigenvalue weighted by Crippen LogP contribution is -1.96. The molecule has 1 aromatic heterocycles. The van der Waals surface area contributed by atoms with Crippen LogP contribution < -0.4 is 0 Å². The Labute approximate surface area is 94.3 Å². The lowest BCUT2D eigenvalue weighted by atomic mass is 10.1. The van der Waals surface area contributed by atoms with Gasteiger partial charge in [-0.3, -0.25) is 4.79 Å². The number of aromatic nitrogens is 1. The molecule has 0 fully saturated rings. The normalized spacial score (nSPS) is 10.9. The predicted octanol–water partition coefficient (Wildman–Crippen LogP) is 2.50. The average Bonchev–Trinajstić information content (AvgIpc) is 2.54. The summed E-state index contributed by atoms with van der Waals surface area (Å²) in [5.41, 5.74) is 3.54. The summed E-state index contributed by atoms with van der Waals surface area (Å²) in [6.07, 6.45) is 2.81. The van der Waals surface area contributed by atoms with Crippen molar-refractivity contribution in [1.29, 1.82) is 0 Å². The van der Waals surface area contributed by atoms with Crippen LogP contribution in [0.2, 0.25) is 0 Å². The van der Waals surface area contributed by atoms with Crippen LogP contribution >= 0.6 is 0 Å². The minimum Gasteiger partial charge on any atom is -0.481 e. The molecule has 2 rings (SSSR count). The molecule has 3 heteroatoms. The van der Waals surface area contributed by atoms with E-state index in [1.54, 1.807) is 0 Å². The zero-order valence-corrected chi connectivity index (χ0v) is 9.53. The van der Waals surface area contributed by atoms with E-state index in [0.717, 1.165) is 5.56 Å². The summed E-state index contributed by atoms with van der Waals surface area (Å²) in [5, 5.41) is 9.87. The van der Waals surface area contributed by atoms with E-state index in [0.29, 0.717) is 6.42 Å². The topological polar surface area (TPSA) is 42.2 Å². The first-order chi connectivity index (χ1) is 7.59. The summed E-state index contributed by atoms with van der Waals surface area (Å²) >= 11 is 0. The van der Waals surface area contributed by atoms with Gasteiger partial charge in [-0.05, 0) is 24.5 Å². The Kier molecular flexibility index (Phi) is 2.69. The van der Waals surface area contributed by atoms with Crippen LogP contribution in [0.5, 0.6) is 0 Å². The number of aliphatic carboxylic acids is 1. The van der Waals surface area contributed by atoms with Gasteiger partial charge < -0.3 is 9.67 Å². The van der Waals surface area contributed by atoms with E-state index in [1.807, 2.05) is 19.3 Å². The van der Waals surface area contributed by atoms with Gasteiger partial charge in [-0.25, -0.2) is 0 Å². The molecular weight excluding hydrogens is 202 g/mol. The van der Waals surface area contributed by atoms with Crippen LogP contribution in [-0.4, -0.2) is 15.6 Å². The molecule has 1 N–H and O–H groups in total. The summed E-state index contributed by atoms with van der Waals surface area (Å²) in [7, 11) is 2.00. The Morgan fingerprint density at radius 3 is 2.88 bits per heavy atom. The maximum absolute atomic E-state index is 10.6. The molecule has 84 valence electrons. The zero-order chi connectivity index (χ0) is 11.7. The van der Waals surface area contributed by atoms with E-state index in [4.69, 9.17) is 5.11 Å². The second kappa shape index (κ2) is 4.00. The third kappa shape index (κ3) is 1.81. The third-order valence-corrected chi connectivity index (χ3v) is 2.89. The summed E-state index contributed by atoms with van der Waals surface area (Å²) in [4.78, 5) is 10.6. The van der Waals surface area contributed by atoms with Crippen molar-refractivity contribution in [2.45, 2.75) is 19.8 Å². The maximum Gasteiger partial charge on any atom is 0.303 e. The lowest BCUT2D eigenvalue weighted by molar-refractivity contribution is -0.136. The molecule has 2 aromatic rings. The number of carbonyl (C=O) groups is 1. The highest BCUT2D eigenvalue weighted by Crippen LogP contribution is 2.24. The Hall–Kier alpha value is -1.77. The molecule has 0 radical (unpaired) electrons. The predicted molar refractivity (Wildman–Crippen MR) is 63.6 cm³/mol. The van der Waals surface area contributed by atoms with E-state index in [-0.39, 0.29) is 6.42 Å². The van der Waals surface area contributed by atoms with Gasteiger partial charge in [0.2, 0.25) is 0 Å². The van der Waals surface area contributed by atoms with Gasteiger partial charge in [0.05, 0.1) is 5.52 Å². The standard InChI is InChI=1S/C13H15NO2/c1-9-4-3-5-11-10(6-7-12(15)16)8-14(2)13(9)11/h3-5,8H,6-7H2,1-2H3,(H,15,16). The molecule has 0 saturated carbocycles. The molecule has 0 aliphatic rings. The molecule has 0 atom stereocenters. The van der Waals surface area contributed by atoms with E-state index in [9.17, 15) is 4.79 Å². The number of fused-ring (bicyclic) bond motifs is 1. The molecule has 0 amide bonds. The van der Waals surface area contributed by atoms with Crippen molar-refractivity contribution in [3.05, 3.63) is 35.5 Å². The number of aryl methyl sites for hydroxylation is 3. The van der Waals surface area contributed by atoms with Crippen molar-refractivity contribution in [3.8, 4) is 0 Å². The number of benzene rings is 1. The highest BCUT2D eigenvalue weighted by molar-refractivity contribution is 5.87. The van der Waals surface area contributed by atoms with Crippen molar-refractivity contribution in [3.63, 3.8) is 0 Å². The fourth-order valence-corrected chi connectivity index (χ4v) is 2.19. The Bertz CT molecular complexity index is 540. The monoisotopic (exact) mass is 217 g/mol. The van der Waals surface area contributed by atoms with E-state index in [1.165, 1.54) is 16.5 Å². The lowest BCUT2D eigenvalue weighted by Gasteiger charge is -2.00. The largest absolute Gasteiger partial charge is 0.481 e. The molecule has 1 aromatic carbocycles. The highest BCUT2D eigenvalue weighted by atomic mass is 16.4. The molecule has 3 nitrogen and oxygen atoms in total. The minimum atomic E-state index is -0.746. The van der Waals surface area contributed by atoms with Crippen molar-refractivity contribution >= 4 is 16.9 Å². The third-order valence-electron chi connectivity index (χ3n) is 2.89. The van der Waals surface area contributed by atoms with Crippen molar-refractivity contribution in [1.82, 2.24) is 4.57 Å². The van der Waals surface area contributed by atoms with Gasteiger partial charge in [0, 0.05) is 25.1 Å². The number of carboxylic acid groups (broad SMARTS) is 1. The van der Waals surface area contributed by atoms with Crippen LogP contribution in [-0.2, 0) is 18.3 Å². The van der Waals surface area contributed by atoms with Gasteiger partial charge in [0.1, 0.15) is 0 Å². The molecule has 0 aliphatic carbocycles. The van der Waals surface area contributed by atoms with Crippen LogP contribution in [0.4, 0.5) is 0 Å². The van der Waals surface area contributed by atoms with Gasteiger partial charge in [-0.15, -0.1) is 0 Å².